The van der Waals surface area contributed by atoms with Gasteiger partial charge < -0.3 is 10.6 Å². The first-order chi connectivity index (χ1) is 6.36. The van der Waals surface area contributed by atoms with E-state index in [1.807, 2.05) is 0 Å². The topological polar surface area (TPSA) is 44.9 Å². The minimum absolute atomic E-state index is 0.722. The molecule has 2 fully saturated rings. The normalized spacial score (nSPS) is 24.5. The Hall–Kier alpha value is -0.930. The zero-order valence-corrected chi connectivity index (χ0v) is 8.08. The maximum Gasteiger partial charge on any atom is 0.213 e. The summed E-state index contributed by atoms with van der Waals surface area (Å²) in [5, 5.41) is 6.50. The van der Waals surface area contributed by atoms with E-state index in [9.17, 15) is 0 Å². The second-order valence-corrected chi connectivity index (χ2v) is 3.81. The fourth-order valence-corrected chi connectivity index (χ4v) is 1.95. The van der Waals surface area contributed by atoms with Gasteiger partial charge in [-0.1, -0.05) is 0 Å². The number of nitrogens with zero attached hydrogens (tertiary/aromatic N) is 3. The lowest BCUT2D eigenvalue weighted by Crippen LogP contribution is -2.36. The first-order valence-corrected chi connectivity index (χ1v) is 5.20. The largest absolute Gasteiger partial charge is 0.368 e. The van der Waals surface area contributed by atoms with Gasteiger partial charge in [0.15, 0.2) is 0 Å². The third-order valence-electron chi connectivity index (χ3n) is 2.76. The molecule has 13 heavy (non-hydrogen) atoms. The van der Waals surface area contributed by atoms with Crippen LogP contribution in [0, 0.1) is 0 Å². The van der Waals surface area contributed by atoms with Crippen LogP contribution in [-0.2, 0) is 0 Å². The van der Waals surface area contributed by atoms with E-state index < -0.39 is 0 Å². The van der Waals surface area contributed by atoms with Gasteiger partial charge in [-0.05, 0) is 25.7 Å². The lowest BCUT2D eigenvalue weighted by Gasteiger charge is -2.19. The molecule has 0 spiro atoms. The molecule has 2 heterocycles. The Balaban J connectivity index is 1.89. The van der Waals surface area contributed by atoms with Crippen molar-refractivity contribution in [3.05, 3.63) is 0 Å². The summed E-state index contributed by atoms with van der Waals surface area (Å²) >= 11 is 0. The summed E-state index contributed by atoms with van der Waals surface area (Å²) in [5.74, 6) is 0.722. The molecule has 4 nitrogen and oxygen atoms in total. The Morgan fingerprint density at radius 1 is 0.923 bits per heavy atom. The van der Waals surface area contributed by atoms with E-state index in [2.05, 4.69) is 15.0 Å². The van der Waals surface area contributed by atoms with Crippen LogP contribution in [-0.4, -0.2) is 42.0 Å². The summed E-state index contributed by atoms with van der Waals surface area (Å²) in [7, 11) is 0. The predicted molar refractivity (Wildman–Crippen MR) is 53.2 cm³/mol. The van der Waals surface area contributed by atoms with Crippen molar-refractivity contribution < 1.29 is 0 Å². The lowest BCUT2D eigenvalue weighted by molar-refractivity contribution is 0.346. The van der Waals surface area contributed by atoms with Gasteiger partial charge in [-0.25, -0.2) is 0 Å². The van der Waals surface area contributed by atoms with Gasteiger partial charge in [0.25, 0.3) is 0 Å². The van der Waals surface area contributed by atoms with Crippen LogP contribution in [0.15, 0.2) is 5.10 Å². The molecule has 0 atom stereocenters. The van der Waals surface area contributed by atoms with Crippen molar-refractivity contribution in [1.82, 2.24) is 9.91 Å². The Morgan fingerprint density at radius 3 is 2.08 bits per heavy atom. The summed E-state index contributed by atoms with van der Waals surface area (Å²) in [5.41, 5.74) is 5.89. The summed E-state index contributed by atoms with van der Waals surface area (Å²) in [6.45, 7) is 4.33. The van der Waals surface area contributed by atoms with Gasteiger partial charge >= 0.3 is 0 Å². The zero-order valence-electron chi connectivity index (χ0n) is 8.08. The monoisotopic (exact) mass is 182 g/mol. The molecule has 0 bridgehead atoms. The van der Waals surface area contributed by atoms with Gasteiger partial charge in [-0.2, -0.15) is 0 Å². The maximum absolute atomic E-state index is 5.89. The fourth-order valence-electron chi connectivity index (χ4n) is 1.95. The average Bonchev–Trinajstić information content (AvgIpc) is 2.74. The van der Waals surface area contributed by atoms with Crippen LogP contribution in [0.3, 0.4) is 0 Å². The first kappa shape index (κ1) is 8.66. The molecule has 2 N–H and O–H groups in total. The number of hydrogen-bond donors (Lipinski definition) is 1. The van der Waals surface area contributed by atoms with E-state index in [0.717, 1.165) is 32.1 Å². The minimum Gasteiger partial charge on any atom is -0.368 e. The standard InChI is InChI=1S/C9H18N4/c10-9(12-5-1-2-6-12)11-13-7-3-4-8-13/h1-8H2,(H2,10,11). The zero-order chi connectivity index (χ0) is 9.10. The van der Waals surface area contributed by atoms with Gasteiger partial charge in [0.1, 0.15) is 0 Å². The highest BCUT2D eigenvalue weighted by Gasteiger charge is 2.15. The molecule has 0 saturated carbocycles. The van der Waals surface area contributed by atoms with Gasteiger partial charge in [-0.3, -0.25) is 5.01 Å². The van der Waals surface area contributed by atoms with Gasteiger partial charge in [0, 0.05) is 26.2 Å². The SMILES string of the molecule is NC(=NN1CCCC1)N1CCCC1. The van der Waals surface area contributed by atoms with Crippen molar-refractivity contribution in [2.75, 3.05) is 26.2 Å². The molecule has 2 rings (SSSR count). The Kier molecular flexibility index (Phi) is 2.57. The highest BCUT2D eigenvalue weighted by atomic mass is 15.5. The van der Waals surface area contributed by atoms with Crippen molar-refractivity contribution in [1.29, 1.82) is 0 Å². The molecular weight excluding hydrogens is 164 g/mol. The number of hydrazone groups is 1. The molecule has 0 aromatic carbocycles. The summed E-state index contributed by atoms with van der Waals surface area (Å²) in [6, 6.07) is 0. The molecular formula is C9H18N4. The Morgan fingerprint density at radius 2 is 1.46 bits per heavy atom. The molecule has 4 heteroatoms. The van der Waals surface area contributed by atoms with E-state index in [-0.39, 0.29) is 0 Å². The van der Waals surface area contributed by atoms with Crippen LogP contribution < -0.4 is 5.73 Å². The highest BCUT2D eigenvalue weighted by molar-refractivity contribution is 5.78. The number of likely N-dealkylation sites (tertiary alicyclic amines) is 1. The summed E-state index contributed by atoms with van der Waals surface area (Å²) < 4.78 is 0. The highest BCUT2D eigenvalue weighted by Crippen LogP contribution is 2.10. The summed E-state index contributed by atoms with van der Waals surface area (Å²) in [4.78, 5) is 2.18. The second-order valence-electron chi connectivity index (χ2n) is 3.81. The third kappa shape index (κ3) is 2.05. The van der Waals surface area contributed by atoms with Crippen molar-refractivity contribution in [3.8, 4) is 0 Å². The van der Waals surface area contributed by atoms with E-state index in [1.54, 1.807) is 0 Å². The third-order valence-corrected chi connectivity index (χ3v) is 2.76. The van der Waals surface area contributed by atoms with Gasteiger partial charge in [-0.15, -0.1) is 5.10 Å². The molecule has 2 aliphatic rings. The molecule has 0 unspecified atom stereocenters. The molecule has 0 radical (unpaired) electrons. The molecule has 0 aliphatic carbocycles. The van der Waals surface area contributed by atoms with Crippen molar-refractivity contribution in [2.45, 2.75) is 25.7 Å². The smallest absolute Gasteiger partial charge is 0.213 e. The second kappa shape index (κ2) is 3.85. The Labute approximate surface area is 79.4 Å². The molecule has 0 aromatic heterocycles. The van der Waals surface area contributed by atoms with Gasteiger partial charge in [0.2, 0.25) is 5.96 Å². The first-order valence-electron chi connectivity index (χ1n) is 5.20. The Bertz CT molecular complexity index is 190. The summed E-state index contributed by atoms with van der Waals surface area (Å²) in [6.07, 6.45) is 5.04. The quantitative estimate of drug-likeness (QED) is 0.472. The van der Waals surface area contributed by atoms with E-state index in [0.29, 0.717) is 0 Å². The number of nitrogens with two attached hydrogens (primary N) is 1. The average molecular weight is 182 g/mol. The number of guanidine groups is 1. The van der Waals surface area contributed by atoms with Crippen LogP contribution in [0.1, 0.15) is 25.7 Å². The van der Waals surface area contributed by atoms with E-state index in [1.165, 1.54) is 25.7 Å². The van der Waals surface area contributed by atoms with Crippen LogP contribution in [0.4, 0.5) is 0 Å². The van der Waals surface area contributed by atoms with Crippen molar-refractivity contribution in [3.63, 3.8) is 0 Å². The van der Waals surface area contributed by atoms with Crippen molar-refractivity contribution >= 4 is 5.96 Å². The van der Waals surface area contributed by atoms with Crippen molar-refractivity contribution in [2.24, 2.45) is 10.8 Å². The predicted octanol–water partition coefficient (Wildman–Crippen LogP) is 0.408. The molecule has 0 amide bonds. The van der Waals surface area contributed by atoms with Crippen LogP contribution >= 0.6 is 0 Å². The van der Waals surface area contributed by atoms with E-state index in [4.69, 9.17) is 5.73 Å². The number of hydrogen-bond acceptors (Lipinski definition) is 2. The molecule has 2 saturated heterocycles. The molecule has 2 aliphatic heterocycles. The van der Waals surface area contributed by atoms with Crippen LogP contribution in [0.25, 0.3) is 0 Å². The van der Waals surface area contributed by atoms with Crippen LogP contribution in [0.5, 0.6) is 0 Å². The fraction of sp³-hybridized carbons (Fsp3) is 0.889. The molecule has 74 valence electrons. The minimum atomic E-state index is 0.722. The number of rotatable bonds is 1. The maximum atomic E-state index is 5.89. The molecule has 0 aromatic rings. The van der Waals surface area contributed by atoms with Crippen LogP contribution in [0.2, 0.25) is 0 Å². The van der Waals surface area contributed by atoms with Gasteiger partial charge in [0.05, 0.1) is 0 Å². The van der Waals surface area contributed by atoms with E-state index >= 15 is 0 Å². The lowest BCUT2D eigenvalue weighted by atomic mass is 10.4.